The van der Waals surface area contributed by atoms with E-state index in [0.717, 1.165) is 0 Å². The highest BCUT2D eigenvalue weighted by Crippen LogP contribution is 1.80. The van der Waals surface area contributed by atoms with Crippen molar-refractivity contribution in [2.45, 2.75) is 12.8 Å². The molecule has 2 heteroatoms. The number of carboxylic acids is 1. The molecule has 0 bridgehead atoms. The lowest BCUT2D eigenvalue weighted by molar-refractivity contribution is -0.130. The van der Waals surface area contributed by atoms with Gasteiger partial charge in [-0.15, -0.1) is 12.3 Å². The van der Waals surface area contributed by atoms with Crippen molar-refractivity contribution in [1.82, 2.24) is 0 Å². The van der Waals surface area contributed by atoms with E-state index in [0.29, 0.717) is 12.8 Å². The van der Waals surface area contributed by atoms with E-state index in [4.69, 9.17) is 11.5 Å². The summed E-state index contributed by atoms with van der Waals surface area (Å²) in [6.45, 7) is 0. The Morgan fingerprint density at radius 2 is 2.22 bits per heavy atom. The molecule has 0 fully saturated rings. The van der Waals surface area contributed by atoms with E-state index in [1.165, 1.54) is 0 Å². The molecule has 0 atom stereocenters. The van der Waals surface area contributed by atoms with Crippen molar-refractivity contribution in [2.75, 3.05) is 0 Å². The van der Waals surface area contributed by atoms with Crippen molar-refractivity contribution in [3.63, 3.8) is 0 Å². The molecule has 0 aromatic rings. The second-order valence-corrected chi connectivity index (χ2v) is 1.31. The number of carbonyl (C=O) groups is 1. The molecule has 0 rings (SSSR count). The van der Waals surface area contributed by atoms with Crippen molar-refractivity contribution in [3.8, 4) is 24.2 Å². The van der Waals surface area contributed by atoms with E-state index < -0.39 is 5.97 Å². The third kappa shape index (κ3) is 6.59. The first-order chi connectivity index (χ1) is 4.27. The summed E-state index contributed by atoms with van der Waals surface area (Å²) in [5.41, 5.74) is 0. The number of terminal acetylenes is 1. The largest absolute Gasteiger partial charge is 0.472 e. The van der Waals surface area contributed by atoms with Crippen molar-refractivity contribution in [2.24, 2.45) is 0 Å². The van der Waals surface area contributed by atoms with Gasteiger partial charge in [-0.3, -0.25) is 0 Å². The molecule has 0 radical (unpaired) electrons. The van der Waals surface area contributed by atoms with Crippen LogP contribution in [0.2, 0.25) is 0 Å². The first-order valence-corrected chi connectivity index (χ1v) is 2.42. The average Bonchev–Trinajstić information content (AvgIpc) is 1.80. The maximum absolute atomic E-state index is 9.74. The van der Waals surface area contributed by atoms with Gasteiger partial charge in [0.05, 0.1) is 0 Å². The van der Waals surface area contributed by atoms with Crippen molar-refractivity contribution in [3.05, 3.63) is 0 Å². The number of unbranched alkanes of at least 4 members (excludes halogenated alkanes) is 1. The Labute approximate surface area is 53.9 Å². The third-order valence-corrected chi connectivity index (χ3v) is 0.590. The summed E-state index contributed by atoms with van der Waals surface area (Å²) in [5, 5.41) is 7.99. The number of aliphatic carboxylic acids is 1. The van der Waals surface area contributed by atoms with Crippen LogP contribution in [0, 0.1) is 24.2 Å². The maximum Gasteiger partial charge on any atom is 0.381 e. The summed E-state index contributed by atoms with van der Waals surface area (Å²) in [7, 11) is 0. The summed E-state index contributed by atoms with van der Waals surface area (Å²) in [6.07, 6.45) is 5.86. The molecule has 2 nitrogen and oxygen atoms in total. The molecule has 0 aromatic carbocycles. The zero-order valence-electron chi connectivity index (χ0n) is 4.85. The van der Waals surface area contributed by atoms with Crippen LogP contribution >= 0.6 is 0 Å². The average molecular weight is 122 g/mol. The van der Waals surface area contributed by atoms with Gasteiger partial charge in [-0.1, -0.05) is 5.92 Å². The minimum absolute atomic E-state index is 0.461. The standard InChI is InChI=1S/C7H6O2/c1-2-3-4-5-6-7(8)9/h1H,3-4H2,(H,8,9). The fourth-order valence-electron chi connectivity index (χ4n) is 0.273. The molecule has 9 heavy (non-hydrogen) atoms. The topological polar surface area (TPSA) is 37.3 Å². The molecule has 0 aliphatic carbocycles. The molecular weight excluding hydrogens is 116 g/mol. The van der Waals surface area contributed by atoms with E-state index in [1.54, 1.807) is 0 Å². The lowest BCUT2D eigenvalue weighted by Crippen LogP contribution is -1.85. The highest BCUT2D eigenvalue weighted by atomic mass is 16.4. The Morgan fingerprint density at radius 1 is 1.56 bits per heavy atom. The summed E-state index contributed by atoms with van der Waals surface area (Å²) < 4.78 is 0. The van der Waals surface area contributed by atoms with Crippen LogP contribution in [-0.4, -0.2) is 11.1 Å². The van der Waals surface area contributed by atoms with Crippen LogP contribution in [0.4, 0.5) is 0 Å². The number of rotatable bonds is 1. The monoisotopic (exact) mass is 122 g/mol. The molecule has 0 heterocycles. The summed E-state index contributed by atoms with van der Waals surface area (Å²) >= 11 is 0. The van der Waals surface area contributed by atoms with Crippen LogP contribution in [0.1, 0.15) is 12.8 Å². The van der Waals surface area contributed by atoms with Crippen LogP contribution in [0.15, 0.2) is 0 Å². The number of hydrogen-bond donors (Lipinski definition) is 1. The lowest BCUT2D eigenvalue weighted by atomic mass is 10.3. The van der Waals surface area contributed by atoms with E-state index >= 15 is 0 Å². The van der Waals surface area contributed by atoms with E-state index in [9.17, 15) is 4.79 Å². The van der Waals surface area contributed by atoms with Gasteiger partial charge in [-0.05, 0) is 0 Å². The van der Waals surface area contributed by atoms with Gasteiger partial charge in [0, 0.05) is 18.8 Å². The first kappa shape index (κ1) is 7.59. The van der Waals surface area contributed by atoms with Gasteiger partial charge in [0.2, 0.25) is 0 Å². The molecule has 0 aliphatic rings. The predicted molar refractivity (Wildman–Crippen MR) is 33.5 cm³/mol. The normalized spacial score (nSPS) is 6.56. The first-order valence-electron chi connectivity index (χ1n) is 2.42. The minimum Gasteiger partial charge on any atom is -0.472 e. The van der Waals surface area contributed by atoms with Crippen LogP contribution in [-0.2, 0) is 4.79 Å². The Bertz CT molecular complexity index is 187. The highest BCUT2D eigenvalue weighted by Gasteiger charge is 1.80. The van der Waals surface area contributed by atoms with Gasteiger partial charge in [-0.2, -0.15) is 0 Å². The SMILES string of the molecule is C#CCCC#CC(=O)O. The molecule has 0 amide bonds. The molecule has 0 aromatic heterocycles. The zero-order valence-corrected chi connectivity index (χ0v) is 4.85. The summed E-state index contributed by atoms with van der Waals surface area (Å²) in [5.74, 6) is 5.59. The Balaban J connectivity index is 3.41. The second kappa shape index (κ2) is 4.74. The van der Waals surface area contributed by atoms with Gasteiger partial charge >= 0.3 is 5.97 Å². The van der Waals surface area contributed by atoms with Crippen LogP contribution in [0.25, 0.3) is 0 Å². The zero-order chi connectivity index (χ0) is 7.11. The fraction of sp³-hybridized carbons (Fsp3) is 0.286. The quantitative estimate of drug-likeness (QED) is 0.406. The molecule has 0 spiro atoms. The van der Waals surface area contributed by atoms with Gasteiger partial charge in [0.1, 0.15) is 0 Å². The molecule has 0 aliphatic heterocycles. The second-order valence-electron chi connectivity index (χ2n) is 1.31. The maximum atomic E-state index is 9.74. The molecular formula is C7H6O2. The fourth-order valence-corrected chi connectivity index (χ4v) is 0.273. The molecule has 0 saturated carbocycles. The van der Waals surface area contributed by atoms with E-state index in [1.807, 2.05) is 5.92 Å². The summed E-state index contributed by atoms with van der Waals surface area (Å²) in [6, 6.07) is 0. The van der Waals surface area contributed by atoms with Crippen LogP contribution < -0.4 is 0 Å². The molecule has 0 saturated heterocycles. The molecule has 0 unspecified atom stereocenters. The van der Waals surface area contributed by atoms with Crippen molar-refractivity contribution in [1.29, 1.82) is 0 Å². The van der Waals surface area contributed by atoms with Gasteiger partial charge in [-0.25, -0.2) is 4.79 Å². The Hall–Kier alpha value is -1.41. The smallest absolute Gasteiger partial charge is 0.381 e. The number of hydrogen-bond acceptors (Lipinski definition) is 1. The van der Waals surface area contributed by atoms with Crippen molar-refractivity contribution >= 4 is 5.97 Å². The van der Waals surface area contributed by atoms with Crippen LogP contribution in [0.5, 0.6) is 0 Å². The third-order valence-electron chi connectivity index (χ3n) is 0.590. The van der Waals surface area contributed by atoms with Crippen LogP contribution in [0.3, 0.4) is 0 Å². The van der Waals surface area contributed by atoms with Crippen molar-refractivity contribution < 1.29 is 9.90 Å². The van der Waals surface area contributed by atoms with E-state index in [2.05, 4.69) is 11.8 Å². The predicted octanol–water partition coefficient (Wildman–Crippen LogP) is 0.488. The number of carboxylic acid groups (broad SMARTS) is 1. The Morgan fingerprint density at radius 3 is 2.67 bits per heavy atom. The lowest BCUT2D eigenvalue weighted by Gasteiger charge is -1.74. The Kier molecular flexibility index (Phi) is 4.00. The van der Waals surface area contributed by atoms with Gasteiger partial charge in [0.25, 0.3) is 0 Å². The molecule has 46 valence electrons. The minimum atomic E-state index is -1.10. The molecule has 1 N–H and O–H groups in total. The van der Waals surface area contributed by atoms with Gasteiger partial charge in [0.15, 0.2) is 0 Å². The van der Waals surface area contributed by atoms with E-state index in [-0.39, 0.29) is 0 Å². The highest BCUT2D eigenvalue weighted by molar-refractivity contribution is 5.86. The van der Waals surface area contributed by atoms with Gasteiger partial charge < -0.3 is 5.11 Å². The summed E-state index contributed by atoms with van der Waals surface area (Å²) in [4.78, 5) is 9.74.